The largest absolute Gasteiger partial charge is 0.503 e. The summed E-state index contributed by atoms with van der Waals surface area (Å²) in [6.07, 6.45) is 6.32. The normalized spacial score (nSPS) is 31.5. The van der Waals surface area contributed by atoms with Crippen LogP contribution in [0.15, 0.2) is 6.07 Å². The zero-order valence-electron chi connectivity index (χ0n) is 24.6. The molecule has 3 fully saturated rings. The number of likely N-dealkylation sites (N-methyl/N-ethyl adjacent to an activating group) is 1. The number of aromatic hydroxyl groups is 1. The lowest BCUT2D eigenvalue weighted by molar-refractivity contribution is -0.172. The summed E-state index contributed by atoms with van der Waals surface area (Å²) in [5.74, 6) is 1.35. The first kappa shape index (κ1) is 26.9. The summed E-state index contributed by atoms with van der Waals surface area (Å²) in [5.41, 5.74) is 1.12. The second-order valence-electron chi connectivity index (χ2n) is 14.3. The molecule has 8 nitrogen and oxygen atoms in total. The second-order valence-corrected chi connectivity index (χ2v) is 14.3. The minimum Gasteiger partial charge on any atom is -0.503 e. The number of nitrogens with one attached hydrogen (secondary N) is 1. The van der Waals surface area contributed by atoms with E-state index in [1.54, 1.807) is 0 Å². The van der Waals surface area contributed by atoms with Crippen molar-refractivity contribution in [2.45, 2.75) is 115 Å². The third-order valence-electron chi connectivity index (χ3n) is 10.3. The molecule has 3 aliphatic carbocycles. The van der Waals surface area contributed by atoms with E-state index in [0.29, 0.717) is 23.4 Å². The Balaban J connectivity index is 1.42. The first-order valence-electron chi connectivity index (χ1n) is 14.8. The molecule has 1 aromatic carbocycles. The zero-order valence-corrected chi connectivity index (χ0v) is 24.6. The fraction of sp³-hybridized carbons (Fsp3) is 0.742. The van der Waals surface area contributed by atoms with Crippen LogP contribution in [0, 0.1) is 11.8 Å². The summed E-state index contributed by atoms with van der Waals surface area (Å²) in [5, 5.41) is 14.2. The molecule has 2 aliphatic heterocycles. The zero-order chi connectivity index (χ0) is 28.1. The quantitative estimate of drug-likeness (QED) is 0.413. The van der Waals surface area contributed by atoms with Crippen molar-refractivity contribution in [3.8, 4) is 11.5 Å². The molecule has 5 atom stereocenters. The molecule has 2 N–H and O–H groups in total. The number of amides is 1. The summed E-state index contributed by atoms with van der Waals surface area (Å²) in [6.45, 7) is 13.2. The summed E-state index contributed by atoms with van der Waals surface area (Å²) in [4.78, 5) is 30.3. The predicted molar refractivity (Wildman–Crippen MR) is 149 cm³/mol. The van der Waals surface area contributed by atoms with Crippen molar-refractivity contribution in [1.29, 1.82) is 0 Å². The van der Waals surface area contributed by atoms with Gasteiger partial charge in [0.1, 0.15) is 17.2 Å². The number of benzene rings is 1. The van der Waals surface area contributed by atoms with Crippen LogP contribution in [0.4, 0.5) is 5.69 Å². The van der Waals surface area contributed by atoms with E-state index < -0.39 is 11.1 Å². The molecule has 8 heteroatoms. The Morgan fingerprint density at radius 3 is 2.56 bits per heavy atom. The van der Waals surface area contributed by atoms with Gasteiger partial charge in [0, 0.05) is 36.5 Å². The van der Waals surface area contributed by atoms with Gasteiger partial charge in [-0.1, -0.05) is 0 Å². The molecule has 1 amide bonds. The average Bonchev–Trinajstić information content (AvgIpc) is 3.58. The number of piperidine rings is 1. The maximum atomic E-state index is 13.4. The molecular formula is C31H45N3O5. The molecule has 6 rings (SSSR count). The third-order valence-corrected chi connectivity index (χ3v) is 10.3. The highest BCUT2D eigenvalue weighted by Gasteiger charge is 2.67. The number of ether oxygens (including phenoxy) is 2. The van der Waals surface area contributed by atoms with Crippen molar-refractivity contribution < 1.29 is 24.2 Å². The lowest BCUT2D eigenvalue weighted by Gasteiger charge is -2.61. The Bertz CT molecular complexity index is 1200. The average molecular weight is 540 g/mol. The standard InChI is InChI=1S/C31H45N3O5/c1-17(35)32-21-14-19-15-23-20-10-11-22(33(7)30(5,6)28(37)39-29(2,3)4)27-31(20,24(19)26(38-27)25(21)36)12-13-34(23)16-18-8-9-18/h14,18,20,22-23,27,36H,8-13,15-16H2,1-7H3,(H,32,35)/t20-,22+,23+,27-,31-/m0/s1. The van der Waals surface area contributed by atoms with Gasteiger partial charge in [-0.05, 0) is 110 Å². The van der Waals surface area contributed by atoms with Crippen molar-refractivity contribution in [3.63, 3.8) is 0 Å². The Labute approximate surface area is 232 Å². The minimum absolute atomic E-state index is 0.0261. The molecule has 2 saturated carbocycles. The molecule has 1 aromatic rings. The number of anilines is 1. The van der Waals surface area contributed by atoms with E-state index in [1.807, 2.05) is 47.7 Å². The van der Waals surface area contributed by atoms with E-state index in [9.17, 15) is 14.7 Å². The fourth-order valence-electron chi connectivity index (χ4n) is 8.18. The van der Waals surface area contributed by atoms with Gasteiger partial charge in [-0.15, -0.1) is 0 Å². The van der Waals surface area contributed by atoms with Gasteiger partial charge in [0.05, 0.1) is 5.69 Å². The second kappa shape index (κ2) is 8.84. The van der Waals surface area contributed by atoms with Crippen LogP contribution in [0.5, 0.6) is 11.5 Å². The van der Waals surface area contributed by atoms with Gasteiger partial charge in [0.2, 0.25) is 5.91 Å². The number of hydrogen-bond acceptors (Lipinski definition) is 7. The number of phenols is 1. The highest BCUT2D eigenvalue weighted by Crippen LogP contribution is 2.65. The number of carbonyl (C=O) groups is 2. The Morgan fingerprint density at radius 2 is 1.92 bits per heavy atom. The van der Waals surface area contributed by atoms with Gasteiger partial charge in [-0.3, -0.25) is 19.4 Å². The van der Waals surface area contributed by atoms with Crippen molar-refractivity contribution in [3.05, 3.63) is 17.2 Å². The van der Waals surface area contributed by atoms with Gasteiger partial charge in [0.25, 0.3) is 0 Å². The summed E-state index contributed by atoms with van der Waals surface area (Å²) >= 11 is 0. The minimum atomic E-state index is -0.855. The van der Waals surface area contributed by atoms with Crippen LogP contribution >= 0.6 is 0 Å². The number of likely N-dealkylation sites (tertiary alicyclic amines) is 1. The Hall–Kier alpha value is -2.32. The molecule has 39 heavy (non-hydrogen) atoms. The highest BCUT2D eigenvalue weighted by molar-refractivity contribution is 5.92. The van der Waals surface area contributed by atoms with E-state index in [0.717, 1.165) is 50.3 Å². The van der Waals surface area contributed by atoms with E-state index in [2.05, 4.69) is 15.1 Å². The molecule has 214 valence electrons. The lowest BCUT2D eigenvalue weighted by atomic mass is 9.50. The van der Waals surface area contributed by atoms with Crippen LogP contribution in [0.1, 0.15) is 84.8 Å². The fourth-order valence-corrected chi connectivity index (χ4v) is 8.18. The number of phenolic OH excluding ortho intramolecular Hbond substituents is 1. The van der Waals surface area contributed by atoms with E-state index >= 15 is 0 Å². The number of esters is 1. The molecule has 0 aromatic heterocycles. The SMILES string of the molecule is CC(=O)Nc1cc2c3c(c1O)O[C@H]1[C@H](N(C)C(C)(C)C(=O)OC(C)(C)C)CC[C@H]4[C@@H](C2)N(CC2CC2)CC[C@@]341. The smallest absolute Gasteiger partial charge is 0.326 e. The summed E-state index contributed by atoms with van der Waals surface area (Å²) in [6, 6.07) is 2.38. The van der Waals surface area contributed by atoms with Gasteiger partial charge >= 0.3 is 5.97 Å². The van der Waals surface area contributed by atoms with E-state index in [-0.39, 0.29) is 35.2 Å². The molecule has 0 radical (unpaired) electrons. The Morgan fingerprint density at radius 1 is 1.21 bits per heavy atom. The van der Waals surface area contributed by atoms with Gasteiger partial charge in [0.15, 0.2) is 11.5 Å². The summed E-state index contributed by atoms with van der Waals surface area (Å²) in [7, 11) is 2.02. The maximum Gasteiger partial charge on any atom is 0.326 e. The molecule has 0 unspecified atom stereocenters. The van der Waals surface area contributed by atoms with E-state index in [4.69, 9.17) is 9.47 Å². The predicted octanol–water partition coefficient (Wildman–Crippen LogP) is 4.22. The number of rotatable bonds is 6. The van der Waals surface area contributed by atoms with Crippen LogP contribution in [0.2, 0.25) is 0 Å². The van der Waals surface area contributed by atoms with Gasteiger partial charge in [-0.2, -0.15) is 0 Å². The molecule has 1 spiro atoms. The Kier molecular flexibility index (Phi) is 6.09. The van der Waals surface area contributed by atoms with Crippen molar-refractivity contribution in [2.24, 2.45) is 11.8 Å². The van der Waals surface area contributed by atoms with Crippen LogP contribution in [-0.4, -0.2) is 76.2 Å². The summed E-state index contributed by atoms with van der Waals surface area (Å²) < 4.78 is 12.7. The first-order valence-corrected chi connectivity index (χ1v) is 14.8. The van der Waals surface area contributed by atoms with E-state index in [1.165, 1.54) is 25.3 Å². The monoisotopic (exact) mass is 539 g/mol. The lowest BCUT2D eigenvalue weighted by Crippen LogP contribution is -2.70. The topological polar surface area (TPSA) is 91.3 Å². The molecule has 2 heterocycles. The van der Waals surface area contributed by atoms with Crippen LogP contribution < -0.4 is 10.1 Å². The van der Waals surface area contributed by atoms with Crippen molar-refractivity contribution in [1.82, 2.24) is 9.80 Å². The number of nitrogens with zero attached hydrogens (tertiary/aromatic N) is 2. The maximum absolute atomic E-state index is 13.4. The van der Waals surface area contributed by atoms with Crippen LogP contribution in [0.25, 0.3) is 0 Å². The van der Waals surface area contributed by atoms with Crippen LogP contribution in [-0.2, 0) is 26.2 Å². The molecule has 1 saturated heterocycles. The van der Waals surface area contributed by atoms with Gasteiger partial charge < -0.3 is 19.9 Å². The third kappa shape index (κ3) is 4.16. The molecular weight excluding hydrogens is 494 g/mol. The highest BCUT2D eigenvalue weighted by atomic mass is 16.6. The van der Waals surface area contributed by atoms with Crippen molar-refractivity contribution >= 4 is 17.6 Å². The molecule has 5 aliphatic rings. The molecule has 2 bridgehead atoms. The number of carbonyl (C=O) groups excluding carboxylic acids is 2. The van der Waals surface area contributed by atoms with Crippen LogP contribution in [0.3, 0.4) is 0 Å². The number of hydrogen-bond donors (Lipinski definition) is 2. The van der Waals surface area contributed by atoms with Gasteiger partial charge in [-0.25, -0.2) is 0 Å². The first-order chi connectivity index (χ1) is 18.2. The van der Waals surface area contributed by atoms with Crippen molar-refractivity contribution in [2.75, 3.05) is 25.5 Å².